The van der Waals surface area contributed by atoms with Crippen LogP contribution in [0.5, 0.6) is 0 Å². The Labute approximate surface area is 136 Å². The Hall–Kier alpha value is -0.740. The molecule has 0 aliphatic carbocycles. The quantitative estimate of drug-likeness (QED) is 0.717. The summed E-state index contributed by atoms with van der Waals surface area (Å²) in [6.45, 7) is 3.54. The van der Waals surface area contributed by atoms with Crippen LogP contribution in [0.4, 0.5) is 0 Å². The van der Waals surface area contributed by atoms with Crippen LogP contribution in [0.15, 0.2) is 30.9 Å². The molecule has 0 bridgehead atoms. The summed E-state index contributed by atoms with van der Waals surface area (Å²) >= 11 is 4.64. The molecule has 0 radical (unpaired) electrons. The third-order valence-electron chi connectivity index (χ3n) is 2.70. The van der Waals surface area contributed by atoms with Gasteiger partial charge in [-0.15, -0.1) is 11.3 Å². The van der Waals surface area contributed by atoms with Gasteiger partial charge in [0, 0.05) is 24.4 Å². The molecule has 116 valence electrons. The summed E-state index contributed by atoms with van der Waals surface area (Å²) in [6, 6.07) is 1.53. The number of hydrogen-bond donors (Lipinski definition) is 2. The molecule has 2 rings (SSSR count). The third-order valence-corrected chi connectivity index (χ3v) is 5.66. The van der Waals surface area contributed by atoms with Crippen molar-refractivity contribution in [2.24, 2.45) is 0 Å². The minimum absolute atomic E-state index is 0.119. The van der Waals surface area contributed by atoms with E-state index >= 15 is 0 Å². The van der Waals surface area contributed by atoms with Crippen LogP contribution in [0.25, 0.3) is 0 Å². The van der Waals surface area contributed by atoms with E-state index in [2.05, 4.69) is 31.0 Å². The van der Waals surface area contributed by atoms with Crippen LogP contribution in [-0.2, 0) is 23.0 Å². The summed E-state index contributed by atoms with van der Waals surface area (Å²) in [5, 5.41) is 4.98. The molecule has 2 aromatic rings. The van der Waals surface area contributed by atoms with Gasteiger partial charge in [-0.05, 0) is 22.5 Å². The van der Waals surface area contributed by atoms with Gasteiger partial charge in [0.15, 0.2) is 4.67 Å². The van der Waals surface area contributed by atoms with Crippen molar-refractivity contribution < 1.29 is 12.8 Å². The molecule has 9 heteroatoms. The van der Waals surface area contributed by atoms with Crippen LogP contribution in [-0.4, -0.2) is 26.5 Å². The van der Waals surface area contributed by atoms with E-state index in [9.17, 15) is 8.42 Å². The third kappa shape index (κ3) is 4.62. The molecule has 0 fully saturated rings. The minimum Gasteiger partial charge on any atom is -0.452 e. The fraction of sp³-hybridized carbons (Fsp3) is 0.417. The van der Waals surface area contributed by atoms with E-state index in [0.29, 0.717) is 25.3 Å². The van der Waals surface area contributed by atoms with Gasteiger partial charge in [0.25, 0.3) is 0 Å². The molecule has 0 amide bonds. The van der Waals surface area contributed by atoms with Crippen molar-refractivity contribution in [1.82, 2.24) is 15.0 Å². The SMILES string of the molecule is CCNCc1cc(S(=O)(=O)NCCc2cscn2)c(Br)o1. The maximum absolute atomic E-state index is 12.2. The van der Waals surface area contributed by atoms with Gasteiger partial charge < -0.3 is 9.73 Å². The zero-order valence-electron chi connectivity index (χ0n) is 11.4. The number of thiazole rings is 1. The van der Waals surface area contributed by atoms with Crippen molar-refractivity contribution in [2.45, 2.75) is 24.8 Å². The molecular weight excluding hydrogens is 378 g/mol. The molecule has 21 heavy (non-hydrogen) atoms. The van der Waals surface area contributed by atoms with E-state index in [1.165, 1.54) is 17.4 Å². The first-order chi connectivity index (χ1) is 10.0. The lowest BCUT2D eigenvalue weighted by Gasteiger charge is -2.03. The number of nitrogens with one attached hydrogen (secondary N) is 2. The van der Waals surface area contributed by atoms with E-state index in [1.807, 2.05) is 12.3 Å². The number of hydrogen-bond acceptors (Lipinski definition) is 6. The first-order valence-corrected chi connectivity index (χ1v) is 9.60. The zero-order valence-corrected chi connectivity index (χ0v) is 14.6. The highest BCUT2D eigenvalue weighted by molar-refractivity contribution is 9.10. The smallest absolute Gasteiger partial charge is 0.244 e. The van der Waals surface area contributed by atoms with Gasteiger partial charge in [0.1, 0.15) is 10.7 Å². The minimum atomic E-state index is -3.59. The summed E-state index contributed by atoms with van der Waals surface area (Å²) < 4.78 is 32.6. The van der Waals surface area contributed by atoms with Crippen molar-refractivity contribution >= 4 is 37.3 Å². The molecule has 0 saturated carbocycles. The first-order valence-electron chi connectivity index (χ1n) is 6.38. The summed E-state index contributed by atoms with van der Waals surface area (Å²) in [5.41, 5.74) is 2.60. The van der Waals surface area contributed by atoms with E-state index in [-0.39, 0.29) is 9.56 Å². The Morgan fingerprint density at radius 2 is 2.29 bits per heavy atom. The molecule has 0 spiro atoms. The van der Waals surface area contributed by atoms with Crippen LogP contribution < -0.4 is 10.0 Å². The lowest BCUT2D eigenvalue weighted by atomic mass is 10.3. The van der Waals surface area contributed by atoms with Crippen LogP contribution in [0.1, 0.15) is 18.4 Å². The van der Waals surface area contributed by atoms with Crippen molar-refractivity contribution in [3.8, 4) is 0 Å². The fourth-order valence-corrected chi connectivity index (χ4v) is 4.29. The largest absolute Gasteiger partial charge is 0.452 e. The summed E-state index contributed by atoms with van der Waals surface area (Å²) in [5.74, 6) is 0.573. The number of sulfonamides is 1. The van der Waals surface area contributed by atoms with Crippen LogP contribution >= 0.6 is 27.3 Å². The molecule has 2 aromatic heterocycles. The molecule has 0 saturated heterocycles. The Bertz CT molecular complexity index is 668. The highest BCUT2D eigenvalue weighted by Crippen LogP contribution is 2.26. The van der Waals surface area contributed by atoms with Gasteiger partial charge in [-0.3, -0.25) is 0 Å². The number of nitrogens with zero attached hydrogens (tertiary/aromatic N) is 1. The Morgan fingerprint density at radius 3 is 2.95 bits per heavy atom. The monoisotopic (exact) mass is 393 g/mol. The highest BCUT2D eigenvalue weighted by Gasteiger charge is 2.22. The summed E-state index contributed by atoms with van der Waals surface area (Å²) in [7, 11) is -3.59. The number of aromatic nitrogens is 1. The van der Waals surface area contributed by atoms with Crippen molar-refractivity contribution in [1.29, 1.82) is 0 Å². The highest BCUT2D eigenvalue weighted by atomic mass is 79.9. The molecule has 0 unspecified atom stereocenters. The maximum Gasteiger partial charge on any atom is 0.244 e. The van der Waals surface area contributed by atoms with E-state index in [4.69, 9.17) is 4.42 Å². The van der Waals surface area contributed by atoms with Crippen LogP contribution in [0.3, 0.4) is 0 Å². The molecule has 2 N–H and O–H groups in total. The average molecular weight is 394 g/mol. The lowest BCUT2D eigenvalue weighted by Crippen LogP contribution is -2.26. The fourth-order valence-electron chi connectivity index (χ4n) is 1.67. The molecule has 0 aromatic carbocycles. The van der Waals surface area contributed by atoms with Crippen molar-refractivity contribution in [3.05, 3.63) is 33.1 Å². The first kappa shape index (κ1) is 16.6. The lowest BCUT2D eigenvalue weighted by molar-refractivity contribution is 0.464. The predicted octanol–water partition coefficient (Wildman–Crippen LogP) is 2.13. The molecule has 0 atom stereocenters. The van der Waals surface area contributed by atoms with Gasteiger partial charge >= 0.3 is 0 Å². The second kappa shape index (κ2) is 7.50. The molecule has 0 aliphatic heterocycles. The number of rotatable bonds is 8. The number of halogens is 1. The van der Waals surface area contributed by atoms with Gasteiger partial charge in [0.05, 0.1) is 17.7 Å². The Balaban J connectivity index is 1.99. The number of furan rings is 1. The van der Waals surface area contributed by atoms with Gasteiger partial charge in [-0.1, -0.05) is 6.92 Å². The maximum atomic E-state index is 12.2. The van der Waals surface area contributed by atoms with Crippen molar-refractivity contribution in [3.63, 3.8) is 0 Å². The average Bonchev–Trinajstić information content (AvgIpc) is 3.06. The standard InChI is InChI=1S/C12H16BrN3O3S2/c1-2-14-6-10-5-11(12(13)19-10)21(17,18)16-4-3-9-7-20-8-15-9/h5,7-8,14,16H,2-4,6H2,1H3. The Kier molecular flexibility index (Phi) is 5.94. The summed E-state index contributed by atoms with van der Waals surface area (Å²) in [6.07, 6.45) is 0.558. The van der Waals surface area contributed by atoms with E-state index in [0.717, 1.165) is 12.2 Å². The Morgan fingerprint density at radius 1 is 1.48 bits per heavy atom. The van der Waals surface area contributed by atoms with Crippen LogP contribution in [0, 0.1) is 0 Å². The van der Waals surface area contributed by atoms with Crippen molar-refractivity contribution in [2.75, 3.05) is 13.1 Å². The molecule has 2 heterocycles. The topological polar surface area (TPSA) is 84.2 Å². The predicted molar refractivity (Wildman–Crippen MR) is 84.8 cm³/mol. The van der Waals surface area contributed by atoms with Crippen LogP contribution in [0.2, 0.25) is 0 Å². The zero-order chi connectivity index (χ0) is 15.3. The van der Waals surface area contributed by atoms with Gasteiger partial charge in [-0.25, -0.2) is 18.1 Å². The normalized spacial score (nSPS) is 11.9. The second-order valence-electron chi connectivity index (χ2n) is 4.26. The van der Waals surface area contributed by atoms with Gasteiger partial charge in [0.2, 0.25) is 10.0 Å². The molecule has 0 aliphatic rings. The van der Waals surface area contributed by atoms with Gasteiger partial charge in [-0.2, -0.15) is 0 Å². The van der Waals surface area contributed by atoms with E-state index < -0.39 is 10.0 Å². The molecular formula is C12H16BrN3O3S2. The summed E-state index contributed by atoms with van der Waals surface area (Å²) in [4.78, 5) is 4.23. The second-order valence-corrected chi connectivity index (χ2v) is 7.43. The molecule has 6 nitrogen and oxygen atoms in total. The van der Waals surface area contributed by atoms with E-state index in [1.54, 1.807) is 5.51 Å².